The van der Waals surface area contributed by atoms with Crippen molar-refractivity contribution in [3.8, 4) is 0 Å². The summed E-state index contributed by atoms with van der Waals surface area (Å²) in [7, 11) is 0. The number of rotatable bonds is 2. The van der Waals surface area contributed by atoms with Gasteiger partial charge in [0.15, 0.2) is 0 Å². The molecule has 0 aliphatic heterocycles. The summed E-state index contributed by atoms with van der Waals surface area (Å²) in [6.07, 6.45) is 0. The van der Waals surface area contributed by atoms with E-state index in [0.717, 1.165) is 17.1 Å². The second kappa shape index (κ2) is 4.86. The molecule has 2 nitrogen and oxygen atoms in total. The van der Waals surface area contributed by atoms with Crippen LogP contribution in [-0.4, -0.2) is 9.97 Å². The van der Waals surface area contributed by atoms with Gasteiger partial charge in [0, 0.05) is 11.4 Å². The summed E-state index contributed by atoms with van der Waals surface area (Å²) in [5, 5.41) is 3.15. The molecular formula is C13H12N2S. The van der Waals surface area contributed by atoms with E-state index in [2.05, 4.69) is 10.3 Å². The van der Waals surface area contributed by atoms with Crippen molar-refractivity contribution in [1.29, 1.82) is 0 Å². The summed E-state index contributed by atoms with van der Waals surface area (Å²) in [4.78, 5) is 5.01. The van der Waals surface area contributed by atoms with Gasteiger partial charge in [0.1, 0.15) is 4.99 Å². The Labute approximate surface area is 100 Å². The van der Waals surface area contributed by atoms with Gasteiger partial charge in [-0.15, -0.1) is 0 Å². The average molecular weight is 228 g/mol. The van der Waals surface area contributed by atoms with Gasteiger partial charge < -0.3 is 5.32 Å². The maximum Gasteiger partial charge on any atom is 0.129 e. The highest BCUT2D eigenvalue weighted by atomic mass is 32.1. The molecular weight excluding hydrogens is 216 g/mol. The Morgan fingerprint density at radius 1 is 1.06 bits per heavy atom. The SMILES string of the molecule is Cc1cccc(C(=S)Nc2ccccc2)n1. The molecule has 0 radical (unpaired) electrons. The van der Waals surface area contributed by atoms with E-state index in [4.69, 9.17) is 12.2 Å². The molecule has 0 saturated heterocycles. The van der Waals surface area contributed by atoms with Crippen LogP contribution in [-0.2, 0) is 0 Å². The summed E-state index contributed by atoms with van der Waals surface area (Å²) >= 11 is 5.29. The van der Waals surface area contributed by atoms with Crippen LogP contribution in [0.25, 0.3) is 0 Å². The van der Waals surface area contributed by atoms with Crippen molar-refractivity contribution in [3.63, 3.8) is 0 Å². The predicted octanol–water partition coefficient (Wildman–Crippen LogP) is 3.18. The van der Waals surface area contributed by atoms with Crippen LogP contribution in [0.1, 0.15) is 11.4 Å². The molecule has 0 aliphatic rings. The third-order valence-electron chi connectivity index (χ3n) is 2.15. The maximum atomic E-state index is 5.29. The van der Waals surface area contributed by atoms with Gasteiger partial charge in [-0.2, -0.15) is 0 Å². The molecule has 2 rings (SSSR count). The van der Waals surface area contributed by atoms with Crippen molar-refractivity contribution in [1.82, 2.24) is 4.98 Å². The van der Waals surface area contributed by atoms with Gasteiger partial charge in [-0.3, -0.25) is 4.98 Å². The lowest BCUT2D eigenvalue weighted by Crippen LogP contribution is -2.12. The Hall–Kier alpha value is -1.74. The molecule has 0 spiro atoms. The molecule has 0 aliphatic carbocycles. The molecule has 16 heavy (non-hydrogen) atoms. The number of para-hydroxylation sites is 1. The van der Waals surface area contributed by atoms with Gasteiger partial charge in [-0.25, -0.2) is 0 Å². The van der Waals surface area contributed by atoms with E-state index >= 15 is 0 Å². The predicted molar refractivity (Wildman–Crippen MR) is 70.7 cm³/mol. The fraction of sp³-hybridized carbons (Fsp3) is 0.0769. The first kappa shape index (κ1) is 10.8. The number of nitrogens with zero attached hydrogens (tertiary/aromatic N) is 1. The Kier molecular flexibility index (Phi) is 3.27. The molecule has 3 heteroatoms. The molecule has 0 atom stereocenters. The fourth-order valence-corrected chi connectivity index (χ4v) is 1.62. The lowest BCUT2D eigenvalue weighted by atomic mass is 10.3. The van der Waals surface area contributed by atoms with E-state index in [0.29, 0.717) is 4.99 Å². The van der Waals surface area contributed by atoms with E-state index in [1.54, 1.807) is 0 Å². The Morgan fingerprint density at radius 3 is 2.50 bits per heavy atom. The fourth-order valence-electron chi connectivity index (χ4n) is 1.39. The first-order valence-electron chi connectivity index (χ1n) is 5.06. The first-order valence-corrected chi connectivity index (χ1v) is 5.46. The second-order valence-electron chi connectivity index (χ2n) is 3.48. The number of nitrogens with one attached hydrogen (secondary N) is 1. The zero-order chi connectivity index (χ0) is 11.4. The highest BCUT2D eigenvalue weighted by molar-refractivity contribution is 7.81. The number of aromatic nitrogens is 1. The smallest absolute Gasteiger partial charge is 0.129 e. The van der Waals surface area contributed by atoms with Gasteiger partial charge in [0.2, 0.25) is 0 Å². The normalized spacial score (nSPS) is 9.81. The summed E-state index contributed by atoms with van der Waals surface area (Å²) < 4.78 is 0. The van der Waals surface area contributed by atoms with Crippen molar-refractivity contribution in [2.45, 2.75) is 6.92 Å². The molecule has 0 amide bonds. The third kappa shape index (κ3) is 2.64. The molecule has 1 N–H and O–H groups in total. The molecule has 0 unspecified atom stereocenters. The van der Waals surface area contributed by atoms with Crippen molar-refractivity contribution in [2.75, 3.05) is 5.32 Å². The second-order valence-corrected chi connectivity index (χ2v) is 3.89. The van der Waals surface area contributed by atoms with Gasteiger partial charge in [-0.05, 0) is 31.2 Å². The minimum absolute atomic E-state index is 0.648. The molecule has 1 aromatic heterocycles. The molecule has 0 fully saturated rings. The van der Waals surface area contributed by atoms with E-state index in [1.807, 2.05) is 55.5 Å². The molecule has 2 aromatic rings. The average Bonchev–Trinajstić information content (AvgIpc) is 2.30. The van der Waals surface area contributed by atoms with Gasteiger partial charge >= 0.3 is 0 Å². The minimum Gasteiger partial charge on any atom is -0.345 e. The number of hydrogen-bond donors (Lipinski definition) is 1. The number of aryl methyl sites for hydroxylation is 1. The monoisotopic (exact) mass is 228 g/mol. The zero-order valence-corrected chi connectivity index (χ0v) is 9.79. The minimum atomic E-state index is 0.648. The summed E-state index contributed by atoms with van der Waals surface area (Å²) in [5.74, 6) is 0. The van der Waals surface area contributed by atoms with Crippen LogP contribution in [0.4, 0.5) is 5.69 Å². The van der Waals surface area contributed by atoms with Crippen LogP contribution in [0.3, 0.4) is 0 Å². The van der Waals surface area contributed by atoms with Crippen molar-refractivity contribution >= 4 is 22.9 Å². The van der Waals surface area contributed by atoms with E-state index in [-0.39, 0.29) is 0 Å². The Bertz CT molecular complexity index is 494. The summed E-state index contributed by atoms with van der Waals surface area (Å²) in [5.41, 5.74) is 2.75. The van der Waals surface area contributed by atoms with Crippen LogP contribution in [0, 0.1) is 6.92 Å². The Balaban J connectivity index is 2.15. The molecule has 1 aromatic carbocycles. The molecule has 80 valence electrons. The third-order valence-corrected chi connectivity index (χ3v) is 2.46. The van der Waals surface area contributed by atoms with E-state index in [9.17, 15) is 0 Å². The summed E-state index contributed by atoms with van der Waals surface area (Å²) in [6, 6.07) is 15.7. The Morgan fingerprint density at radius 2 is 1.81 bits per heavy atom. The molecule has 0 bridgehead atoms. The molecule has 1 heterocycles. The number of hydrogen-bond acceptors (Lipinski definition) is 2. The van der Waals surface area contributed by atoms with Crippen LogP contribution in [0.15, 0.2) is 48.5 Å². The number of thiocarbonyl (C=S) groups is 1. The molecule has 0 saturated carbocycles. The lowest BCUT2D eigenvalue weighted by Gasteiger charge is -2.07. The van der Waals surface area contributed by atoms with E-state index < -0.39 is 0 Å². The van der Waals surface area contributed by atoms with Gasteiger partial charge in [-0.1, -0.05) is 36.5 Å². The van der Waals surface area contributed by atoms with Crippen LogP contribution >= 0.6 is 12.2 Å². The quantitative estimate of drug-likeness (QED) is 0.799. The van der Waals surface area contributed by atoms with Crippen LogP contribution in [0.5, 0.6) is 0 Å². The standard InChI is InChI=1S/C13H12N2S/c1-10-6-5-9-12(14-10)13(16)15-11-7-3-2-4-8-11/h2-9H,1H3,(H,15,16). The number of benzene rings is 1. The van der Waals surface area contributed by atoms with Crippen molar-refractivity contribution in [2.24, 2.45) is 0 Å². The van der Waals surface area contributed by atoms with Gasteiger partial charge in [0.05, 0.1) is 5.69 Å². The highest BCUT2D eigenvalue weighted by Crippen LogP contribution is 2.08. The largest absolute Gasteiger partial charge is 0.345 e. The van der Waals surface area contributed by atoms with E-state index in [1.165, 1.54) is 0 Å². The number of pyridine rings is 1. The van der Waals surface area contributed by atoms with Crippen LogP contribution in [0.2, 0.25) is 0 Å². The maximum absolute atomic E-state index is 5.29. The highest BCUT2D eigenvalue weighted by Gasteiger charge is 2.02. The van der Waals surface area contributed by atoms with Gasteiger partial charge in [0.25, 0.3) is 0 Å². The zero-order valence-electron chi connectivity index (χ0n) is 8.97. The summed E-state index contributed by atoms with van der Waals surface area (Å²) in [6.45, 7) is 1.95. The van der Waals surface area contributed by atoms with Crippen molar-refractivity contribution < 1.29 is 0 Å². The topological polar surface area (TPSA) is 24.9 Å². The van der Waals surface area contributed by atoms with Crippen LogP contribution < -0.4 is 5.32 Å². The number of anilines is 1. The lowest BCUT2D eigenvalue weighted by molar-refractivity contribution is 1.18. The van der Waals surface area contributed by atoms with Crippen molar-refractivity contribution in [3.05, 3.63) is 59.9 Å². The first-order chi connectivity index (χ1) is 7.75.